The third kappa shape index (κ3) is 4.65. The molecule has 0 aromatic heterocycles. The lowest BCUT2D eigenvalue weighted by Crippen LogP contribution is -2.37. The molecule has 0 spiro atoms. The summed E-state index contributed by atoms with van der Waals surface area (Å²) < 4.78 is 0. The maximum Gasteiger partial charge on any atom is 0.106 e. The van der Waals surface area contributed by atoms with Crippen LogP contribution in [0.1, 0.15) is 30.5 Å². The van der Waals surface area contributed by atoms with E-state index >= 15 is 0 Å². The molecule has 0 aliphatic carbocycles. The fourth-order valence-corrected chi connectivity index (χ4v) is 2.93. The zero-order valence-corrected chi connectivity index (χ0v) is 15.2. The summed E-state index contributed by atoms with van der Waals surface area (Å²) in [6, 6.07) is 16.5. The Bertz CT molecular complexity index is 652. The van der Waals surface area contributed by atoms with Gasteiger partial charge >= 0.3 is 0 Å². The molecule has 2 aromatic carbocycles. The van der Waals surface area contributed by atoms with Crippen molar-refractivity contribution in [1.29, 1.82) is 0 Å². The topological polar surface area (TPSA) is 53.6 Å². The van der Waals surface area contributed by atoms with Crippen LogP contribution in [0.2, 0.25) is 5.02 Å². The second kappa shape index (κ2) is 8.60. The minimum absolute atomic E-state index is 0.0590. The van der Waals surface area contributed by atoms with E-state index in [-0.39, 0.29) is 12.1 Å². The molecule has 4 nitrogen and oxygen atoms in total. The van der Waals surface area contributed by atoms with Gasteiger partial charge in [-0.2, -0.15) is 5.10 Å². The number of aryl methyl sites for hydroxylation is 1. The average molecular weight is 345 g/mol. The number of hydrogen-bond acceptors (Lipinski definition) is 3. The Morgan fingerprint density at radius 2 is 1.79 bits per heavy atom. The lowest BCUT2D eigenvalue weighted by Gasteiger charge is -2.33. The van der Waals surface area contributed by atoms with Gasteiger partial charge in [-0.1, -0.05) is 48.4 Å². The van der Waals surface area contributed by atoms with Crippen molar-refractivity contribution in [3.05, 3.63) is 64.7 Å². The minimum atomic E-state index is 0.0590. The molecule has 0 heterocycles. The zero-order chi connectivity index (χ0) is 17.5. The van der Waals surface area contributed by atoms with Crippen LogP contribution in [0.4, 0.5) is 5.69 Å². The number of anilines is 1. The molecule has 24 heavy (non-hydrogen) atoms. The molecule has 5 heteroatoms. The Balaban J connectivity index is 2.35. The third-order valence-electron chi connectivity index (χ3n) is 4.13. The molecule has 0 saturated carbocycles. The molecule has 128 valence electrons. The van der Waals surface area contributed by atoms with Crippen LogP contribution in [0.5, 0.6) is 0 Å². The summed E-state index contributed by atoms with van der Waals surface area (Å²) in [7, 11) is 1.94. The summed E-state index contributed by atoms with van der Waals surface area (Å²) in [4.78, 5) is 0. The average Bonchev–Trinajstić information content (AvgIpc) is 2.57. The van der Waals surface area contributed by atoms with E-state index in [1.54, 1.807) is 0 Å². The van der Waals surface area contributed by atoms with Crippen molar-refractivity contribution >= 4 is 23.6 Å². The molecule has 0 bridgehead atoms. The molecule has 0 aliphatic rings. The van der Waals surface area contributed by atoms with Gasteiger partial charge in [0.2, 0.25) is 0 Å². The van der Waals surface area contributed by atoms with E-state index < -0.39 is 0 Å². The zero-order valence-electron chi connectivity index (χ0n) is 14.4. The lowest BCUT2D eigenvalue weighted by molar-refractivity contribution is 0.222. The molecule has 3 N–H and O–H groups in total. The van der Waals surface area contributed by atoms with E-state index in [9.17, 15) is 0 Å². The molecule has 0 saturated heterocycles. The Morgan fingerprint density at radius 1 is 1.17 bits per heavy atom. The highest BCUT2D eigenvalue weighted by Gasteiger charge is 2.25. The van der Waals surface area contributed by atoms with Crippen LogP contribution in [0.3, 0.4) is 0 Å². The first kappa shape index (κ1) is 18.1. The number of nitrogens with one attached hydrogen (secondary N) is 1. The first-order valence-electron chi connectivity index (χ1n) is 8.10. The van der Waals surface area contributed by atoms with Crippen LogP contribution in [-0.2, 0) is 0 Å². The van der Waals surface area contributed by atoms with E-state index in [0.717, 1.165) is 22.7 Å². The number of nitrogens with two attached hydrogens (primary N) is 1. The van der Waals surface area contributed by atoms with Crippen molar-refractivity contribution < 1.29 is 0 Å². The Morgan fingerprint density at radius 3 is 2.33 bits per heavy atom. The number of hydrazone groups is 1. The Hall–Kier alpha value is -2.20. The maximum absolute atomic E-state index is 6.05. The van der Waals surface area contributed by atoms with Crippen LogP contribution in [-0.4, -0.2) is 24.4 Å². The monoisotopic (exact) mass is 344 g/mol. The highest BCUT2D eigenvalue weighted by Crippen LogP contribution is 2.28. The molecule has 0 fully saturated rings. The van der Waals surface area contributed by atoms with Crippen molar-refractivity contribution in [2.45, 2.75) is 32.4 Å². The predicted molar refractivity (Wildman–Crippen MR) is 104 cm³/mol. The predicted octanol–water partition coefficient (Wildman–Crippen LogP) is 4.41. The van der Waals surface area contributed by atoms with E-state index in [1.165, 1.54) is 11.9 Å². The van der Waals surface area contributed by atoms with Gasteiger partial charge in [-0.15, -0.1) is 0 Å². The highest BCUT2D eigenvalue weighted by atomic mass is 35.5. The molecule has 2 aromatic rings. The minimum Gasteiger partial charge on any atom is -0.388 e. The molecular formula is C19H25ClN4. The van der Waals surface area contributed by atoms with Crippen LogP contribution >= 0.6 is 11.6 Å². The number of halogens is 1. The lowest BCUT2D eigenvalue weighted by atomic mass is 9.96. The van der Waals surface area contributed by atoms with Crippen molar-refractivity contribution in [1.82, 2.24) is 5.01 Å². The summed E-state index contributed by atoms with van der Waals surface area (Å²) in [5.74, 6) is 0. The van der Waals surface area contributed by atoms with Gasteiger partial charge in [0, 0.05) is 17.8 Å². The second-order valence-corrected chi connectivity index (χ2v) is 6.29. The van der Waals surface area contributed by atoms with Gasteiger partial charge in [-0.3, -0.25) is 5.01 Å². The molecule has 0 amide bonds. The fraction of sp³-hybridized carbons (Fsp3) is 0.316. The first-order chi connectivity index (χ1) is 11.5. The Labute approximate surface area is 149 Å². The largest absolute Gasteiger partial charge is 0.388 e. The van der Waals surface area contributed by atoms with Gasteiger partial charge in [-0.25, -0.2) is 0 Å². The first-order valence-corrected chi connectivity index (χ1v) is 8.48. The normalized spacial score (nSPS) is 13.7. The van der Waals surface area contributed by atoms with Crippen molar-refractivity contribution in [2.24, 2.45) is 10.8 Å². The number of nitrogens with zero attached hydrogens (tertiary/aromatic N) is 2. The second-order valence-electron chi connectivity index (χ2n) is 5.85. The van der Waals surface area contributed by atoms with Gasteiger partial charge in [0.25, 0.3) is 0 Å². The van der Waals surface area contributed by atoms with E-state index in [2.05, 4.69) is 60.7 Å². The number of benzene rings is 2. The molecule has 2 atom stereocenters. The standard InChI is InChI=1S/C19H25ClN4/c1-4-18(24(3)22-13-21)19(15-7-9-16(20)10-8-15)23-17-11-5-14(2)6-12-17/h5-13,18-19,23H,4H2,1-3H3,(H2,21,22). The summed E-state index contributed by atoms with van der Waals surface area (Å²) >= 11 is 6.05. The molecular weight excluding hydrogens is 320 g/mol. The maximum atomic E-state index is 6.05. The van der Waals surface area contributed by atoms with Gasteiger partial charge in [-0.05, 0) is 43.2 Å². The number of likely N-dealkylation sites (N-methyl/N-ethyl adjacent to an activating group) is 1. The van der Waals surface area contributed by atoms with Gasteiger partial charge in [0.1, 0.15) is 6.34 Å². The number of hydrogen-bond donors (Lipinski definition) is 2. The molecule has 2 rings (SSSR count). The fourth-order valence-electron chi connectivity index (χ4n) is 2.81. The van der Waals surface area contributed by atoms with Crippen LogP contribution in [0.15, 0.2) is 53.6 Å². The third-order valence-corrected chi connectivity index (χ3v) is 4.39. The van der Waals surface area contributed by atoms with E-state index in [4.69, 9.17) is 17.3 Å². The van der Waals surface area contributed by atoms with Crippen LogP contribution in [0.25, 0.3) is 0 Å². The van der Waals surface area contributed by atoms with Crippen LogP contribution in [0, 0.1) is 6.92 Å². The van der Waals surface area contributed by atoms with Gasteiger partial charge in [0.05, 0.1) is 12.1 Å². The smallest absolute Gasteiger partial charge is 0.106 e. The Kier molecular flexibility index (Phi) is 6.50. The molecule has 0 aliphatic heterocycles. The van der Waals surface area contributed by atoms with E-state index in [0.29, 0.717) is 0 Å². The highest BCUT2D eigenvalue weighted by molar-refractivity contribution is 6.30. The van der Waals surface area contributed by atoms with Crippen molar-refractivity contribution in [2.75, 3.05) is 12.4 Å². The quantitative estimate of drug-likeness (QED) is 0.444. The molecule has 0 radical (unpaired) electrons. The summed E-state index contributed by atoms with van der Waals surface area (Å²) in [5, 5.41) is 10.5. The summed E-state index contributed by atoms with van der Waals surface area (Å²) in [6.45, 7) is 4.23. The molecule has 2 unspecified atom stereocenters. The van der Waals surface area contributed by atoms with Crippen molar-refractivity contribution in [3.8, 4) is 0 Å². The van der Waals surface area contributed by atoms with Gasteiger partial charge < -0.3 is 11.1 Å². The SMILES string of the molecule is CCC(C(Nc1ccc(C)cc1)c1ccc(Cl)cc1)N(C)/N=C\N. The van der Waals surface area contributed by atoms with E-state index in [1.807, 2.05) is 24.2 Å². The van der Waals surface area contributed by atoms with Crippen LogP contribution < -0.4 is 11.1 Å². The summed E-state index contributed by atoms with van der Waals surface area (Å²) in [5.41, 5.74) is 8.95. The number of rotatable bonds is 7. The van der Waals surface area contributed by atoms with Crippen molar-refractivity contribution in [3.63, 3.8) is 0 Å². The van der Waals surface area contributed by atoms with Gasteiger partial charge in [0.15, 0.2) is 0 Å². The summed E-state index contributed by atoms with van der Waals surface area (Å²) in [6.07, 6.45) is 2.24.